The van der Waals surface area contributed by atoms with Crippen molar-refractivity contribution in [2.75, 3.05) is 20.1 Å². The van der Waals surface area contributed by atoms with Gasteiger partial charge in [-0.1, -0.05) is 18.2 Å². The van der Waals surface area contributed by atoms with Crippen LogP contribution in [0.3, 0.4) is 0 Å². The average Bonchev–Trinajstić information content (AvgIpc) is 2.88. The molecule has 4 atom stereocenters. The zero-order valence-corrected chi connectivity index (χ0v) is 22.2. The molecule has 1 aromatic carbocycles. The predicted octanol–water partition coefficient (Wildman–Crippen LogP) is 2.79. The van der Waals surface area contributed by atoms with Gasteiger partial charge in [0.05, 0.1) is 12.1 Å². The minimum Gasteiger partial charge on any atom is -0.504 e. The van der Waals surface area contributed by atoms with Crippen LogP contribution in [-0.2, 0) is 16.0 Å². The first-order chi connectivity index (χ1) is 17.8. The highest BCUT2D eigenvalue weighted by Crippen LogP contribution is 2.30. The van der Waals surface area contributed by atoms with Crippen molar-refractivity contribution in [1.82, 2.24) is 10.6 Å². The fourth-order valence-corrected chi connectivity index (χ4v) is 5.13. The van der Waals surface area contributed by atoms with Crippen molar-refractivity contribution in [3.05, 3.63) is 35.9 Å². The number of nitrogens with one attached hydrogen (secondary N) is 2. The van der Waals surface area contributed by atoms with E-state index >= 15 is 0 Å². The molecule has 1 heterocycles. The van der Waals surface area contributed by atoms with Crippen molar-refractivity contribution in [2.45, 2.75) is 89.1 Å². The molecule has 37 heavy (non-hydrogen) atoms. The number of carbonyl (C=O) groups is 1. The quantitative estimate of drug-likeness (QED) is 0.124. The van der Waals surface area contributed by atoms with Gasteiger partial charge in [-0.25, -0.2) is 0 Å². The molecule has 9 nitrogen and oxygen atoms in total. The van der Waals surface area contributed by atoms with E-state index in [0.717, 1.165) is 50.8 Å². The van der Waals surface area contributed by atoms with Crippen molar-refractivity contribution in [3.63, 3.8) is 0 Å². The summed E-state index contributed by atoms with van der Waals surface area (Å²) in [5.74, 6) is 1.03. The van der Waals surface area contributed by atoms with Gasteiger partial charge in [0.25, 0.3) is 0 Å². The molecule has 0 bridgehead atoms. The van der Waals surface area contributed by atoms with E-state index in [0.29, 0.717) is 43.3 Å². The Morgan fingerprint density at radius 2 is 2.05 bits per heavy atom. The Hall–Kier alpha value is -2.78. The third-order valence-corrected chi connectivity index (χ3v) is 7.21. The van der Waals surface area contributed by atoms with Crippen molar-refractivity contribution in [2.24, 2.45) is 16.6 Å². The maximum atomic E-state index is 11.7. The maximum Gasteiger partial charge on any atom is 0.302 e. The number of piperidine rings is 1. The van der Waals surface area contributed by atoms with Crippen LogP contribution in [0, 0.1) is 5.92 Å². The average molecular weight is 517 g/mol. The topological polar surface area (TPSA) is 138 Å². The van der Waals surface area contributed by atoms with Gasteiger partial charge in [-0.2, -0.15) is 0 Å². The lowest BCUT2D eigenvalue weighted by Crippen LogP contribution is -2.44. The monoisotopic (exact) mass is 516 g/mol. The molecule has 1 aromatic rings. The Morgan fingerprint density at radius 1 is 1.27 bits per heavy atom. The second-order valence-electron chi connectivity index (χ2n) is 10.2. The maximum absolute atomic E-state index is 11.7. The lowest BCUT2D eigenvalue weighted by atomic mass is 9.84. The number of aryl methyl sites for hydroxylation is 1. The number of phenols is 1. The van der Waals surface area contributed by atoms with Crippen molar-refractivity contribution >= 4 is 11.9 Å². The number of rotatable bonds is 12. The molecule has 2 aliphatic rings. The van der Waals surface area contributed by atoms with Gasteiger partial charge < -0.3 is 36.1 Å². The first-order valence-electron chi connectivity index (χ1n) is 13.5. The summed E-state index contributed by atoms with van der Waals surface area (Å²) in [6.45, 7) is 3.22. The van der Waals surface area contributed by atoms with E-state index in [-0.39, 0.29) is 23.9 Å². The number of esters is 1. The highest BCUT2D eigenvalue weighted by atomic mass is 16.5. The first kappa shape index (κ1) is 28.8. The van der Waals surface area contributed by atoms with Crippen LogP contribution in [0.25, 0.3) is 0 Å². The van der Waals surface area contributed by atoms with Crippen LogP contribution >= 0.6 is 0 Å². The van der Waals surface area contributed by atoms with Crippen LogP contribution in [0.2, 0.25) is 0 Å². The zero-order valence-electron chi connectivity index (χ0n) is 22.2. The molecule has 1 aliphatic heterocycles. The third-order valence-electron chi connectivity index (χ3n) is 7.21. The SMILES string of the molecule is CN=C(N)NC1C=CCCC1CCC(O)CC(CCc1ccc(O)c(OC2CCNCC2)c1)OC(C)=O. The van der Waals surface area contributed by atoms with Gasteiger partial charge in [0.2, 0.25) is 0 Å². The lowest BCUT2D eigenvalue weighted by molar-refractivity contribution is -0.148. The molecule has 3 rings (SSSR count). The van der Waals surface area contributed by atoms with Crippen LogP contribution in [0.15, 0.2) is 35.3 Å². The smallest absolute Gasteiger partial charge is 0.302 e. The molecule has 6 N–H and O–H groups in total. The molecule has 4 unspecified atom stereocenters. The summed E-state index contributed by atoms with van der Waals surface area (Å²) in [6.07, 6.45) is 10.3. The predicted molar refractivity (Wildman–Crippen MR) is 145 cm³/mol. The number of carbonyl (C=O) groups excluding carboxylic acids is 1. The Kier molecular flexibility index (Phi) is 11.5. The normalized spacial score (nSPS) is 22.3. The lowest BCUT2D eigenvalue weighted by Gasteiger charge is -2.30. The molecular weight excluding hydrogens is 472 g/mol. The molecule has 9 heteroatoms. The molecule has 0 spiro atoms. The van der Waals surface area contributed by atoms with E-state index in [9.17, 15) is 15.0 Å². The molecule has 1 aliphatic carbocycles. The number of nitrogens with zero attached hydrogens (tertiary/aromatic N) is 1. The number of benzene rings is 1. The van der Waals surface area contributed by atoms with Crippen LogP contribution in [-0.4, -0.2) is 66.6 Å². The second kappa shape index (κ2) is 14.8. The fourth-order valence-electron chi connectivity index (χ4n) is 5.13. The largest absolute Gasteiger partial charge is 0.504 e. The number of aliphatic imine (C=N–C) groups is 1. The van der Waals surface area contributed by atoms with Gasteiger partial charge in [-0.05, 0) is 88.1 Å². The Bertz CT molecular complexity index is 916. The molecule has 0 aromatic heterocycles. The highest BCUT2D eigenvalue weighted by molar-refractivity contribution is 5.78. The van der Waals surface area contributed by atoms with E-state index in [1.165, 1.54) is 6.92 Å². The number of hydrogen-bond donors (Lipinski definition) is 5. The molecule has 0 amide bonds. The van der Waals surface area contributed by atoms with Gasteiger partial charge >= 0.3 is 5.97 Å². The number of aromatic hydroxyl groups is 1. The van der Waals surface area contributed by atoms with E-state index in [1.54, 1.807) is 13.1 Å². The molecule has 0 radical (unpaired) electrons. The number of phenolic OH excluding ortho intramolecular Hbond substituents is 1. The van der Waals surface area contributed by atoms with E-state index in [4.69, 9.17) is 15.2 Å². The summed E-state index contributed by atoms with van der Waals surface area (Å²) < 4.78 is 11.6. The van der Waals surface area contributed by atoms with Crippen LogP contribution in [0.5, 0.6) is 11.5 Å². The summed E-state index contributed by atoms with van der Waals surface area (Å²) in [6, 6.07) is 5.49. The zero-order chi connectivity index (χ0) is 26.6. The number of hydrogen-bond acceptors (Lipinski definition) is 7. The Labute approximate surface area is 220 Å². The van der Waals surface area contributed by atoms with Crippen molar-refractivity contribution in [3.8, 4) is 11.5 Å². The standard InChI is InChI=1S/C28H44N4O5/c1-19(33)36-24(18-22(34)10-9-21-5-3-4-6-25(21)32-28(29)30-2)11-7-20-8-12-26(35)27(17-20)37-23-13-15-31-16-14-23/h4,6,8,12,17,21-25,31,34-35H,3,5,7,9-11,13-16,18H2,1-2H3,(H3,29,30,32). The molecule has 0 saturated carbocycles. The summed E-state index contributed by atoms with van der Waals surface area (Å²) >= 11 is 0. The Morgan fingerprint density at radius 3 is 2.78 bits per heavy atom. The second-order valence-corrected chi connectivity index (χ2v) is 10.2. The summed E-state index contributed by atoms with van der Waals surface area (Å²) in [4.78, 5) is 15.7. The van der Waals surface area contributed by atoms with Crippen molar-refractivity contribution in [1.29, 1.82) is 0 Å². The summed E-state index contributed by atoms with van der Waals surface area (Å²) in [5.41, 5.74) is 6.85. The van der Waals surface area contributed by atoms with Gasteiger partial charge in [0, 0.05) is 20.4 Å². The van der Waals surface area contributed by atoms with Crippen molar-refractivity contribution < 1.29 is 24.5 Å². The molecular formula is C28H44N4O5. The minimum atomic E-state index is -0.577. The van der Waals surface area contributed by atoms with Gasteiger partial charge in [0.1, 0.15) is 12.2 Å². The molecule has 1 saturated heterocycles. The van der Waals surface area contributed by atoms with Gasteiger partial charge in [0.15, 0.2) is 17.5 Å². The van der Waals surface area contributed by atoms with Crippen LogP contribution in [0.1, 0.15) is 63.9 Å². The fraction of sp³-hybridized carbons (Fsp3) is 0.643. The number of aliphatic hydroxyl groups is 1. The van der Waals surface area contributed by atoms with Gasteiger partial charge in [-0.3, -0.25) is 9.79 Å². The van der Waals surface area contributed by atoms with Gasteiger partial charge in [-0.15, -0.1) is 0 Å². The molecule has 206 valence electrons. The highest BCUT2D eigenvalue weighted by Gasteiger charge is 2.25. The number of aliphatic hydroxyl groups excluding tert-OH is 1. The molecule has 1 fully saturated rings. The van der Waals surface area contributed by atoms with Crippen LogP contribution in [0.4, 0.5) is 0 Å². The summed E-state index contributed by atoms with van der Waals surface area (Å²) in [7, 11) is 1.66. The van der Waals surface area contributed by atoms with Crippen LogP contribution < -0.4 is 21.1 Å². The number of nitrogens with two attached hydrogens (primary N) is 1. The Balaban J connectivity index is 1.52. The summed E-state index contributed by atoms with van der Waals surface area (Å²) in [5, 5.41) is 27.6. The number of guanidine groups is 1. The first-order valence-corrected chi connectivity index (χ1v) is 13.5. The van der Waals surface area contributed by atoms with E-state index in [2.05, 4.69) is 27.8 Å². The van der Waals surface area contributed by atoms with E-state index < -0.39 is 12.2 Å². The van der Waals surface area contributed by atoms with E-state index in [1.807, 2.05) is 12.1 Å². The third kappa shape index (κ3) is 9.89. The minimum absolute atomic E-state index is 0.0893. The number of allylic oxidation sites excluding steroid dienone is 1. The number of ether oxygens (including phenoxy) is 2.